The number of aliphatic hydroxyl groups is 1. The third kappa shape index (κ3) is 3.46. The van der Waals surface area contributed by atoms with Crippen LogP contribution in [0.3, 0.4) is 0 Å². The van der Waals surface area contributed by atoms with E-state index in [-0.39, 0.29) is 12.4 Å². The smallest absolute Gasteiger partial charge is 0.123 e. The van der Waals surface area contributed by atoms with Gasteiger partial charge in [-0.1, -0.05) is 0 Å². The Morgan fingerprint density at radius 3 is 2.60 bits per heavy atom. The third-order valence-electron chi connectivity index (χ3n) is 6.07. The lowest BCUT2D eigenvalue weighted by Crippen LogP contribution is -2.31. The largest absolute Gasteiger partial charge is 0.396 e. The van der Waals surface area contributed by atoms with Crippen molar-refractivity contribution in [2.24, 2.45) is 18.9 Å². The molecule has 25 heavy (non-hydrogen) atoms. The maximum Gasteiger partial charge on any atom is 0.123 e. The summed E-state index contributed by atoms with van der Waals surface area (Å²) in [6.45, 7) is 6.66. The fourth-order valence-corrected chi connectivity index (χ4v) is 4.63. The van der Waals surface area contributed by atoms with Crippen LogP contribution in [-0.2, 0) is 13.6 Å². The van der Waals surface area contributed by atoms with Gasteiger partial charge in [0.2, 0.25) is 0 Å². The van der Waals surface area contributed by atoms with Crippen LogP contribution in [-0.4, -0.2) is 58.8 Å². The molecule has 2 saturated heterocycles. The molecule has 1 aromatic heterocycles. The van der Waals surface area contributed by atoms with Gasteiger partial charge in [-0.25, -0.2) is 4.39 Å². The van der Waals surface area contributed by atoms with Crippen LogP contribution in [0.1, 0.15) is 18.5 Å². The fraction of sp³-hybridized carbons (Fsp3) is 0.600. The van der Waals surface area contributed by atoms with Gasteiger partial charge in [-0.2, -0.15) is 0 Å². The topological polar surface area (TPSA) is 31.6 Å². The van der Waals surface area contributed by atoms with Gasteiger partial charge >= 0.3 is 0 Å². The Morgan fingerprint density at radius 1 is 1.08 bits per heavy atom. The Morgan fingerprint density at radius 2 is 1.84 bits per heavy atom. The minimum Gasteiger partial charge on any atom is -0.396 e. The number of likely N-dealkylation sites (tertiary alicyclic amines) is 2. The van der Waals surface area contributed by atoms with E-state index >= 15 is 0 Å². The van der Waals surface area contributed by atoms with Gasteiger partial charge in [0.05, 0.1) is 0 Å². The number of hydrogen-bond donors (Lipinski definition) is 1. The Kier molecular flexibility index (Phi) is 4.80. The number of nitrogens with zero attached hydrogens (tertiary/aromatic N) is 3. The first-order valence-electron chi connectivity index (χ1n) is 9.43. The summed E-state index contributed by atoms with van der Waals surface area (Å²) < 4.78 is 15.6. The Balaban J connectivity index is 1.46. The van der Waals surface area contributed by atoms with E-state index in [2.05, 4.69) is 27.5 Å². The molecule has 2 aliphatic heterocycles. The van der Waals surface area contributed by atoms with Gasteiger partial charge in [0.15, 0.2) is 0 Å². The maximum atomic E-state index is 13.5. The highest BCUT2D eigenvalue weighted by molar-refractivity contribution is 5.81. The second kappa shape index (κ2) is 7.06. The normalized spacial score (nSPS) is 25.4. The molecule has 2 aliphatic rings. The molecule has 4 rings (SSSR count). The molecule has 1 aromatic carbocycles. The molecule has 0 unspecified atom stereocenters. The van der Waals surface area contributed by atoms with E-state index in [1.807, 2.05) is 6.07 Å². The molecule has 136 valence electrons. The summed E-state index contributed by atoms with van der Waals surface area (Å²) in [5, 5.41) is 10.8. The van der Waals surface area contributed by atoms with E-state index in [1.165, 1.54) is 37.7 Å². The molecule has 0 bridgehead atoms. The summed E-state index contributed by atoms with van der Waals surface area (Å²) in [6, 6.07) is 7.08. The van der Waals surface area contributed by atoms with E-state index in [9.17, 15) is 9.50 Å². The number of halogens is 1. The molecule has 0 radical (unpaired) electrons. The van der Waals surface area contributed by atoms with Crippen molar-refractivity contribution in [2.75, 3.05) is 39.3 Å². The maximum absolute atomic E-state index is 13.5. The predicted molar refractivity (Wildman–Crippen MR) is 97.9 cm³/mol. The van der Waals surface area contributed by atoms with Crippen LogP contribution in [0.25, 0.3) is 10.9 Å². The monoisotopic (exact) mass is 345 g/mol. The quantitative estimate of drug-likeness (QED) is 0.903. The summed E-state index contributed by atoms with van der Waals surface area (Å²) in [5.74, 6) is 0.736. The lowest BCUT2D eigenvalue weighted by Gasteiger charge is -2.23. The highest BCUT2D eigenvalue weighted by atomic mass is 19.1. The lowest BCUT2D eigenvalue weighted by atomic mass is 9.96. The summed E-state index contributed by atoms with van der Waals surface area (Å²) >= 11 is 0. The zero-order chi connectivity index (χ0) is 17.4. The average Bonchev–Trinajstić information content (AvgIpc) is 3.29. The van der Waals surface area contributed by atoms with Crippen LogP contribution in [0.4, 0.5) is 4.39 Å². The van der Waals surface area contributed by atoms with E-state index in [0.717, 1.165) is 37.1 Å². The van der Waals surface area contributed by atoms with E-state index in [0.29, 0.717) is 11.8 Å². The summed E-state index contributed by atoms with van der Waals surface area (Å²) in [4.78, 5) is 5.00. The van der Waals surface area contributed by atoms with Crippen LogP contribution in [0.2, 0.25) is 0 Å². The van der Waals surface area contributed by atoms with Crippen LogP contribution < -0.4 is 0 Å². The second-order valence-corrected chi connectivity index (χ2v) is 7.80. The van der Waals surface area contributed by atoms with Crippen LogP contribution in [0.15, 0.2) is 24.3 Å². The average molecular weight is 345 g/mol. The zero-order valence-electron chi connectivity index (χ0n) is 15.0. The van der Waals surface area contributed by atoms with Crippen LogP contribution in [0, 0.1) is 17.7 Å². The molecular formula is C20H28FN3O. The van der Waals surface area contributed by atoms with Gasteiger partial charge < -0.3 is 14.6 Å². The van der Waals surface area contributed by atoms with E-state index in [4.69, 9.17) is 0 Å². The second-order valence-electron chi connectivity index (χ2n) is 7.80. The van der Waals surface area contributed by atoms with Crippen molar-refractivity contribution in [1.82, 2.24) is 14.4 Å². The van der Waals surface area contributed by atoms with Crippen molar-refractivity contribution in [2.45, 2.75) is 19.4 Å². The number of fused-ring (bicyclic) bond motifs is 1. The highest BCUT2D eigenvalue weighted by Crippen LogP contribution is 2.28. The first-order chi connectivity index (χ1) is 12.1. The number of rotatable bonds is 5. The van der Waals surface area contributed by atoms with Gasteiger partial charge in [0, 0.05) is 56.4 Å². The van der Waals surface area contributed by atoms with E-state index in [1.54, 1.807) is 6.07 Å². The summed E-state index contributed by atoms with van der Waals surface area (Å²) in [7, 11) is 2.05. The van der Waals surface area contributed by atoms with Gasteiger partial charge in [0.25, 0.3) is 0 Å². The molecule has 0 spiro atoms. The third-order valence-corrected chi connectivity index (χ3v) is 6.07. The van der Waals surface area contributed by atoms with Crippen molar-refractivity contribution in [1.29, 1.82) is 0 Å². The number of aryl methyl sites for hydroxylation is 1. The minimum atomic E-state index is -0.183. The molecule has 2 aromatic rings. The van der Waals surface area contributed by atoms with Crippen LogP contribution >= 0.6 is 0 Å². The van der Waals surface area contributed by atoms with E-state index < -0.39 is 0 Å². The summed E-state index contributed by atoms with van der Waals surface area (Å²) in [5.41, 5.74) is 2.28. The fourth-order valence-electron chi connectivity index (χ4n) is 4.63. The van der Waals surface area contributed by atoms with Gasteiger partial charge in [-0.05, 0) is 62.0 Å². The molecule has 4 nitrogen and oxygen atoms in total. The van der Waals surface area contributed by atoms with Crippen molar-refractivity contribution < 1.29 is 9.50 Å². The highest BCUT2D eigenvalue weighted by Gasteiger charge is 2.34. The van der Waals surface area contributed by atoms with Crippen molar-refractivity contribution in [3.63, 3.8) is 0 Å². The number of benzene rings is 1. The Bertz CT molecular complexity index is 738. The zero-order valence-corrected chi connectivity index (χ0v) is 15.0. The number of aromatic nitrogens is 1. The standard InChI is InChI=1S/C20H28FN3O/c1-22-19(9-15-8-18(21)4-5-20(15)22)13-24-11-16(17(12-24)14-25)10-23-6-2-3-7-23/h4-5,8-9,16-17,25H,2-3,6-7,10-14H2,1H3/t16-,17-/m1/s1. The molecule has 3 heterocycles. The molecule has 0 amide bonds. The SMILES string of the molecule is Cn1c(CN2C[C@@H](CN3CCCC3)[C@@H](CO)C2)cc2cc(F)ccc21. The molecule has 2 atom stereocenters. The van der Waals surface area contributed by atoms with Gasteiger partial charge in [0.1, 0.15) is 5.82 Å². The van der Waals surface area contributed by atoms with Crippen molar-refractivity contribution in [3.8, 4) is 0 Å². The van der Waals surface area contributed by atoms with Gasteiger partial charge in [-0.3, -0.25) is 4.90 Å². The minimum absolute atomic E-state index is 0.183. The molecule has 0 aliphatic carbocycles. The molecule has 5 heteroatoms. The first-order valence-corrected chi connectivity index (χ1v) is 9.43. The first kappa shape index (κ1) is 17.0. The predicted octanol–water partition coefficient (Wildman–Crippen LogP) is 2.45. The Hall–Kier alpha value is -1.43. The molecule has 1 N–H and O–H groups in total. The number of aliphatic hydroxyl groups excluding tert-OH is 1. The van der Waals surface area contributed by atoms with Crippen molar-refractivity contribution in [3.05, 3.63) is 35.8 Å². The van der Waals surface area contributed by atoms with Gasteiger partial charge in [-0.15, -0.1) is 0 Å². The summed E-state index contributed by atoms with van der Waals surface area (Å²) in [6.07, 6.45) is 2.62. The van der Waals surface area contributed by atoms with Crippen molar-refractivity contribution >= 4 is 10.9 Å². The number of hydrogen-bond acceptors (Lipinski definition) is 3. The van der Waals surface area contributed by atoms with Crippen LogP contribution in [0.5, 0.6) is 0 Å². The Labute approximate surface area is 148 Å². The molecule has 0 saturated carbocycles. The lowest BCUT2D eigenvalue weighted by molar-refractivity contribution is 0.175. The molecule has 2 fully saturated rings. The molecular weight excluding hydrogens is 317 g/mol.